The van der Waals surface area contributed by atoms with Crippen LogP contribution in [0.15, 0.2) is 54.9 Å². The molecule has 0 aliphatic carbocycles. The van der Waals surface area contributed by atoms with Crippen molar-refractivity contribution in [3.63, 3.8) is 0 Å². The molecule has 0 radical (unpaired) electrons. The third kappa shape index (κ3) is 5.73. The van der Waals surface area contributed by atoms with Gasteiger partial charge in [-0.3, -0.25) is 14.7 Å². The van der Waals surface area contributed by atoms with Crippen molar-refractivity contribution in [3.8, 4) is 0 Å². The average Bonchev–Trinajstić information content (AvgIpc) is 3.56. The maximum absolute atomic E-state index is 14.6. The molecule has 3 aromatic heterocycles. The molecule has 0 spiro atoms. The van der Waals surface area contributed by atoms with E-state index in [1.807, 2.05) is 35.4 Å². The third-order valence-corrected chi connectivity index (χ3v) is 7.55. The summed E-state index contributed by atoms with van der Waals surface area (Å²) in [5.74, 6) is -1.02. The summed E-state index contributed by atoms with van der Waals surface area (Å²) in [5, 5.41) is 4.68. The molecule has 2 N–H and O–H groups in total. The van der Waals surface area contributed by atoms with Gasteiger partial charge in [-0.1, -0.05) is 0 Å². The van der Waals surface area contributed by atoms with Gasteiger partial charge in [0.05, 0.1) is 48.6 Å². The molecule has 2 atom stereocenters. The van der Waals surface area contributed by atoms with Gasteiger partial charge in [0.1, 0.15) is 23.6 Å². The highest BCUT2D eigenvalue weighted by Crippen LogP contribution is 2.38. The summed E-state index contributed by atoms with van der Waals surface area (Å²) in [6.07, 6.45) is 6.03. The number of alkyl halides is 1. The van der Waals surface area contributed by atoms with E-state index in [2.05, 4.69) is 20.0 Å². The lowest BCUT2D eigenvalue weighted by Gasteiger charge is -2.35. The number of halogens is 3. The quantitative estimate of drug-likeness (QED) is 0.369. The highest BCUT2D eigenvalue weighted by Gasteiger charge is 2.36. The van der Waals surface area contributed by atoms with Crippen molar-refractivity contribution in [2.24, 2.45) is 5.73 Å². The summed E-state index contributed by atoms with van der Waals surface area (Å²) in [7, 11) is 0. The normalized spacial score (nSPS) is 20.0. The fourth-order valence-electron chi connectivity index (χ4n) is 5.49. The van der Waals surface area contributed by atoms with Crippen molar-refractivity contribution in [3.05, 3.63) is 83.4 Å². The van der Waals surface area contributed by atoms with E-state index < -0.39 is 23.8 Å². The van der Waals surface area contributed by atoms with E-state index in [1.165, 1.54) is 0 Å². The van der Waals surface area contributed by atoms with Crippen LogP contribution in [0.1, 0.15) is 29.4 Å². The van der Waals surface area contributed by atoms with Crippen LogP contribution >= 0.6 is 0 Å². The summed E-state index contributed by atoms with van der Waals surface area (Å²) in [4.78, 5) is 26.1. The van der Waals surface area contributed by atoms with Gasteiger partial charge in [-0.2, -0.15) is 0 Å². The zero-order chi connectivity index (χ0) is 28.5. The second-order valence-corrected chi connectivity index (χ2v) is 10.3. The summed E-state index contributed by atoms with van der Waals surface area (Å²) in [6.45, 7) is 3.38. The van der Waals surface area contributed by atoms with Crippen LogP contribution in [0.3, 0.4) is 0 Å². The van der Waals surface area contributed by atoms with Gasteiger partial charge in [0.25, 0.3) is 0 Å². The van der Waals surface area contributed by atoms with Crippen molar-refractivity contribution in [1.29, 1.82) is 0 Å². The number of amides is 1. The molecule has 1 amide bonds. The molecule has 0 bridgehead atoms. The zero-order valence-electron chi connectivity index (χ0n) is 22.2. The van der Waals surface area contributed by atoms with Crippen molar-refractivity contribution < 1.29 is 18.0 Å². The molecule has 5 heterocycles. The van der Waals surface area contributed by atoms with Crippen molar-refractivity contribution in [2.75, 3.05) is 49.1 Å². The molecule has 2 saturated heterocycles. The van der Waals surface area contributed by atoms with E-state index >= 15 is 0 Å². The molecule has 6 rings (SSSR count). The standard InChI is InChI=1S/C29H29F3N8O/c30-19-1-6-25(32)24(13-19)26-14-20(31)17-39(26)29-8-7-28-35-16-23(40(28)36-29)5-3-21-2-4-22(15-34-21)38-11-9-37(10-12-38)18-27(33)41/h1-8,13,15-16,20,26H,9-12,14,17-18H2,(H2,33,41)/b5-3+/t20-,26+/m0/s1. The Morgan fingerprint density at radius 2 is 1.83 bits per heavy atom. The molecule has 0 saturated carbocycles. The van der Waals surface area contributed by atoms with Gasteiger partial charge in [0.15, 0.2) is 5.65 Å². The fourth-order valence-corrected chi connectivity index (χ4v) is 5.49. The Morgan fingerprint density at radius 1 is 1.00 bits per heavy atom. The van der Waals surface area contributed by atoms with Crippen LogP contribution < -0.4 is 15.5 Å². The molecule has 0 unspecified atom stereocenters. The predicted molar refractivity (Wildman–Crippen MR) is 150 cm³/mol. The monoisotopic (exact) mass is 562 g/mol. The van der Waals surface area contributed by atoms with E-state index in [4.69, 9.17) is 5.73 Å². The second kappa shape index (κ2) is 11.2. The predicted octanol–water partition coefficient (Wildman–Crippen LogP) is 3.47. The summed E-state index contributed by atoms with van der Waals surface area (Å²) < 4.78 is 44.6. The first-order chi connectivity index (χ1) is 19.8. The topological polar surface area (TPSA) is 95.9 Å². The SMILES string of the molecule is NC(=O)CN1CCN(c2ccc(/C=C/c3cnc4ccc(N5C[C@@H](F)C[C@@H]5c5cc(F)ccc5F)nn34)nc2)CC1. The number of nitrogens with two attached hydrogens (primary N) is 1. The van der Waals surface area contributed by atoms with Crippen LogP contribution in [0, 0.1) is 11.6 Å². The van der Waals surface area contributed by atoms with Crippen LogP contribution in [-0.4, -0.2) is 75.8 Å². The van der Waals surface area contributed by atoms with Gasteiger partial charge in [-0.05, 0) is 54.6 Å². The lowest BCUT2D eigenvalue weighted by Crippen LogP contribution is -2.48. The average molecular weight is 563 g/mol. The number of primary amides is 1. The molecular weight excluding hydrogens is 533 g/mol. The van der Waals surface area contributed by atoms with Gasteiger partial charge in [-0.15, -0.1) is 5.10 Å². The Hall–Kier alpha value is -4.45. The van der Waals surface area contributed by atoms with E-state index in [1.54, 1.807) is 27.7 Å². The number of fused-ring (bicyclic) bond motifs is 1. The Balaban J connectivity index is 1.18. The van der Waals surface area contributed by atoms with Gasteiger partial charge in [0.2, 0.25) is 5.91 Å². The molecule has 12 heteroatoms. The molecule has 41 heavy (non-hydrogen) atoms. The number of imidazole rings is 1. The first kappa shape index (κ1) is 26.8. The number of aromatic nitrogens is 4. The molecule has 2 aliphatic rings. The minimum atomic E-state index is -1.20. The molecular formula is C29H29F3N8O. The first-order valence-corrected chi connectivity index (χ1v) is 13.4. The first-order valence-electron chi connectivity index (χ1n) is 13.4. The van der Waals surface area contributed by atoms with Gasteiger partial charge >= 0.3 is 0 Å². The van der Waals surface area contributed by atoms with Crippen LogP contribution in [0.25, 0.3) is 17.8 Å². The summed E-state index contributed by atoms with van der Waals surface area (Å²) in [6, 6.07) is 9.97. The number of pyridine rings is 1. The number of nitrogens with zero attached hydrogens (tertiary/aromatic N) is 7. The third-order valence-electron chi connectivity index (χ3n) is 7.55. The van der Waals surface area contributed by atoms with E-state index in [9.17, 15) is 18.0 Å². The van der Waals surface area contributed by atoms with Crippen molar-refractivity contribution in [2.45, 2.75) is 18.6 Å². The number of carbonyl (C=O) groups excluding carboxylic acids is 1. The van der Waals surface area contributed by atoms with Crippen molar-refractivity contribution >= 4 is 35.2 Å². The molecule has 4 aromatic rings. The van der Waals surface area contributed by atoms with Gasteiger partial charge < -0.3 is 15.5 Å². The van der Waals surface area contributed by atoms with Gasteiger partial charge in [-0.25, -0.2) is 22.7 Å². The van der Waals surface area contributed by atoms with Crippen molar-refractivity contribution in [1.82, 2.24) is 24.5 Å². The number of anilines is 2. The highest BCUT2D eigenvalue weighted by molar-refractivity contribution is 5.76. The lowest BCUT2D eigenvalue weighted by atomic mass is 10.0. The second-order valence-electron chi connectivity index (χ2n) is 10.3. The fraction of sp³-hybridized carbons (Fsp3) is 0.310. The maximum atomic E-state index is 14.6. The maximum Gasteiger partial charge on any atom is 0.231 e. The number of benzene rings is 1. The molecule has 2 fully saturated rings. The molecule has 9 nitrogen and oxygen atoms in total. The van der Waals surface area contributed by atoms with Crippen LogP contribution in [-0.2, 0) is 4.79 Å². The lowest BCUT2D eigenvalue weighted by molar-refractivity contribution is -0.119. The number of hydrogen-bond acceptors (Lipinski definition) is 7. The number of piperazine rings is 1. The molecule has 1 aromatic carbocycles. The van der Waals surface area contributed by atoms with Gasteiger partial charge in [0, 0.05) is 38.2 Å². The van der Waals surface area contributed by atoms with Crippen LogP contribution in [0.4, 0.5) is 24.7 Å². The largest absolute Gasteiger partial charge is 0.369 e. The highest BCUT2D eigenvalue weighted by atomic mass is 19.1. The minimum absolute atomic E-state index is 0.0233. The van der Waals surface area contributed by atoms with E-state index in [-0.39, 0.29) is 31.0 Å². The minimum Gasteiger partial charge on any atom is -0.369 e. The zero-order valence-corrected chi connectivity index (χ0v) is 22.2. The van der Waals surface area contributed by atoms with Crippen LogP contribution in [0.5, 0.6) is 0 Å². The van der Waals surface area contributed by atoms with E-state index in [0.29, 0.717) is 17.2 Å². The Kier molecular flexibility index (Phi) is 7.31. The number of hydrogen-bond donors (Lipinski definition) is 1. The van der Waals surface area contributed by atoms with E-state index in [0.717, 1.165) is 55.8 Å². The Bertz CT molecular complexity index is 1580. The summed E-state index contributed by atoms with van der Waals surface area (Å²) >= 11 is 0. The molecule has 2 aliphatic heterocycles. The number of rotatable bonds is 7. The summed E-state index contributed by atoms with van der Waals surface area (Å²) in [5.41, 5.74) is 8.43. The Labute approximate surface area is 234 Å². The van der Waals surface area contributed by atoms with Crippen LogP contribution in [0.2, 0.25) is 0 Å². The number of carbonyl (C=O) groups is 1. The molecule has 212 valence electrons. The Morgan fingerprint density at radius 3 is 2.59 bits per heavy atom. The smallest absolute Gasteiger partial charge is 0.231 e.